The van der Waals surface area contributed by atoms with Crippen molar-refractivity contribution in [2.24, 2.45) is 5.73 Å². The second kappa shape index (κ2) is 10.8. The number of nitrogens with two attached hydrogens (primary N) is 1. The number of carboxylic acid groups (broad SMARTS) is 1. The van der Waals surface area contributed by atoms with E-state index in [-0.39, 0.29) is 24.6 Å². The molecular weight excluding hydrogens is 390 g/mol. The number of nitrogens with one attached hydrogen (secondary N) is 1. The van der Waals surface area contributed by atoms with E-state index in [1.165, 1.54) is 0 Å². The number of hydrogen-bond donors (Lipinski definition) is 3. The minimum absolute atomic E-state index is 0.0952. The van der Waals surface area contributed by atoms with Gasteiger partial charge in [-0.1, -0.05) is 0 Å². The highest BCUT2D eigenvalue weighted by Crippen LogP contribution is 2.15. The van der Waals surface area contributed by atoms with Crippen molar-refractivity contribution < 1.29 is 19.4 Å². The van der Waals surface area contributed by atoms with Crippen LogP contribution in [0.4, 0.5) is 4.79 Å². The van der Waals surface area contributed by atoms with Crippen LogP contribution >= 0.6 is 0 Å². The van der Waals surface area contributed by atoms with Crippen molar-refractivity contribution in [3.05, 3.63) is 0 Å². The quantitative estimate of drug-likeness (QED) is 0.308. The molecule has 11 heteroatoms. The zero-order chi connectivity index (χ0) is 21.5. The molecule has 3 saturated heterocycles. The summed E-state index contributed by atoms with van der Waals surface area (Å²) in [5.74, 6) is -0.615. The fourth-order valence-electron chi connectivity index (χ4n) is 4.29. The summed E-state index contributed by atoms with van der Waals surface area (Å²) in [6.07, 6.45) is 0.773. The number of aliphatic carboxylic acids is 1. The Morgan fingerprint density at radius 1 is 1.00 bits per heavy atom. The summed E-state index contributed by atoms with van der Waals surface area (Å²) in [6, 6.07) is 0. The van der Waals surface area contributed by atoms with E-state index in [2.05, 4.69) is 14.7 Å². The molecule has 0 aromatic rings. The predicted octanol–water partition coefficient (Wildman–Crippen LogP) is -1.20. The smallest absolute Gasteiger partial charge is 0.410 e. The molecule has 3 rings (SSSR count). The molecule has 1 amide bonds. The molecule has 0 aromatic carbocycles. The van der Waals surface area contributed by atoms with Gasteiger partial charge in [-0.25, -0.2) is 4.79 Å². The average molecular weight is 426 g/mol. The summed E-state index contributed by atoms with van der Waals surface area (Å²) in [4.78, 5) is 33.4. The Balaban J connectivity index is 1.29. The summed E-state index contributed by atoms with van der Waals surface area (Å²) in [7, 11) is 0. The number of carboxylic acids is 1. The molecule has 1 unspecified atom stereocenters. The van der Waals surface area contributed by atoms with Gasteiger partial charge in [-0.2, -0.15) is 0 Å². The van der Waals surface area contributed by atoms with Crippen molar-refractivity contribution in [1.29, 1.82) is 5.41 Å². The van der Waals surface area contributed by atoms with Crippen molar-refractivity contribution in [2.75, 3.05) is 85.1 Å². The number of amides is 1. The first kappa shape index (κ1) is 22.6. The lowest BCUT2D eigenvalue weighted by Crippen LogP contribution is -2.51. The summed E-state index contributed by atoms with van der Waals surface area (Å²) < 4.78 is 5.56. The minimum Gasteiger partial charge on any atom is -0.481 e. The summed E-state index contributed by atoms with van der Waals surface area (Å²) in [6.45, 7) is 10.4. The third-order valence-corrected chi connectivity index (χ3v) is 6.13. The third-order valence-electron chi connectivity index (χ3n) is 6.13. The van der Waals surface area contributed by atoms with Crippen LogP contribution in [0.2, 0.25) is 0 Å². The zero-order valence-electron chi connectivity index (χ0n) is 17.7. The van der Waals surface area contributed by atoms with Crippen LogP contribution in [0, 0.1) is 5.41 Å². The van der Waals surface area contributed by atoms with Gasteiger partial charge in [0.15, 0.2) is 5.96 Å². The lowest BCUT2D eigenvalue weighted by atomic mass is 10.2. The van der Waals surface area contributed by atoms with Crippen molar-refractivity contribution in [3.63, 3.8) is 0 Å². The number of carbonyl (C=O) groups is 2. The first-order valence-electron chi connectivity index (χ1n) is 10.8. The van der Waals surface area contributed by atoms with Gasteiger partial charge in [-0.05, 0) is 13.0 Å². The zero-order valence-corrected chi connectivity index (χ0v) is 17.7. The van der Waals surface area contributed by atoms with Gasteiger partial charge in [0.05, 0.1) is 13.0 Å². The number of piperazine rings is 2. The fraction of sp³-hybridized carbons (Fsp3) is 0.842. The topological polar surface area (TPSA) is 130 Å². The van der Waals surface area contributed by atoms with E-state index >= 15 is 0 Å². The monoisotopic (exact) mass is 425 g/mol. The molecule has 0 radical (unpaired) electrons. The average Bonchev–Trinajstić information content (AvgIpc) is 3.06. The van der Waals surface area contributed by atoms with Crippen molar-refractivity contribution in [3.8, 4) is 0 Å². The number of rotatable bonds is 9. The van der Waals surface area contributed by atoms with Crippen LogP contribution < -0.4 is 5.73 Å². The van der Waals surface area contributed by atoms with Gasteiger partial charge in [-0.3, -0.25) is 20.0 Å². The molecule has 1 atom stereocenters. The Hall–Kier alpha value is -2.11. The molecule has 0 spiro atoms. The number of nitrogens with zero attached hydrogens (tertiary/aromatic N) is 5. The van der Waals surface area contributed by atoms with Gasteiger partial charge in [0.25, 0.3) is 0 Å². The number of ether oxygens (including phenoxy) is 1. The molecule has 30 heavy (non-hydrogen) atoms. The van der Waals surface area contributed by atoms with Crippen LogP contribution in [0.15, 0.2) is 0 Å². The molecule has 0 aromatic heterocycles. The van der Waals surface area contributed by atoms with E-state index in [0.717, 1.165) is 71.9 Å². The van der Waals surface area contributed by atoms with Crippen LogP contribution in [-0.2, 0) is 9.53 Å². The van der Waals surface area contributed by atoms with E-state index in [1.54, 1.807) is 4.90 Å². The third kappa shape index (κ3) is 6.71. The van der Waals surface area contributed by atoms with Crippen molar-refractivity contribution >= 4 is 18.0 Å². The molecule has 3 aliphatic rings. The Bertz CT molecular complexity index is 604. The summed E-state index contributed by atoms with van der Waals surface area (Å²) >= 11 is 0. The maximum Gasteiger partial charge on any atom is 0.410 e. The van der Waals surface area contributed by atoms with E-state index in [1.807, 2.05) is 4.90 Å². The van der Waals surface area contributed by atoms with Crippen LogP contribution in [0.1, 0.15) is 12.8 Å². The van der Waals surface area contributed by atoms with Gasteiger partial charge in [0.1, 0.15) is 6.10 Å². The molecule has 4 N–H and O–H groups in total. The Kier molecular flexibility index (Phi) is 8.11. The van der Waals surface area contributed by atoms with Crippen LogP contribution in [-0.4, -0.2) is 139 Å². The Morgan fingerprint density at radius 2 is 1.60 bits per heavy atom. The number of hydrogen-bond acceptors (Lipinski definition) is 7. The lowest BCUT2D eigenvalue weighted by Gasteiger charge is -2.35. The molecule has 11 nitrogen and oxygen atoms in total. The molecular formula is C19H35N7O4. The van der Waals surface area contributed by atoms with Crippen LogP contribution in [0.5, 0.6) is 0 Å². The van der Waals surface area contributed by atoms with E-state index in [0.29, 0.717) is 19.6 Å². The summed E-state index contributed by atoms with van der Waals surface area (Å²) in [5.41, 5.74) is 5.53. The molecule has 3 fully saturated rings. The Morgan fingerprint density at radius 3 is 2.23 bits per heavy atom. The fourth-order valence-corrected chi connectivity index (χ4v) is 4.29. The minimum atomic E-state index is -0.756. The maximum atomic E-state index is 12.2. The highest BCUT2D eigenvalue weighted by molar-refractivity contribution is 5.74. The standard InChI is InChI=1S/C19H35N7O4/c20-18(21)25-12-10-22(11-13-25)3-1-4-26-15-16(30-19(26)29)14-24-8-6-23(7-9-24)5-2-17(27)28/h16H,1-15H2,(H3,20,21)(H,27,28). The molecule has 3 heterocycles. The van der Waals surface area contributed by atoms with Crippen molar-refractivity contribution in [1.82, 2.24) is 24.5 Å². The second-order valence-corrected chi connectivity index (χ2v) is 8.31. The second-order valence-electron chi connectivity index (χ2n) is 8.31. The van der Waals surface area contributed by atoms with E-state index in [9.17, 15) is 9.59 Å². The molecule has 0 saturated carbocycles. The molecule has 3 aliphatic heterocycles. The molecule has 0 bridgehead atoms. The van der Waals surface area contributed by atoms with Crippen molar-refractivity contribution in [2.45, 2.75) is 18.9 Å². The Labute approximate surface area is 177 Å². The highest BCUT2D eigenvalue weighted by Gasteiger charge is 2.33. The SMILES string of the molecule is N=C(N)N1CCN(CCCN2CC(CN3CCN(CCC(=O)O)CC3)OC2=O)CC1. The van der Waals surface area contributed by atoms with Crippen LogP contribution in [0.3, 0.4) is 0 Å². The van der Waals surface area contributed by atoms with Gasteiger partial charge in [0.2, 0.25) is 0 Å². The first-order valence-corrected chi connectivity index (χ1v) is 10.8. The highest BCUT2D eigenvalue weighted by atomic mass is 16.6. The van der Waals surface area contributed by atoms with E-state index in [4.69, 9.17) is 21.0 Å². The van der Waals surface area contributed by atoms with Gasteiger partial charge in [-0.15, -0.1) is 0 Å². The van der Waals surface area contributed by atoms with E-state index < -0.39 is 5.97 Å². The maximum absolute atomic E-state index is 12.2. The van der Waals surface area contributed by atoms with Gasteiger partial charge >= 0.3 is 12.1 Å². The van der Waals surface area contributed by atoms with Gasteiger partial charge in [0, 0.05) is 72.0 Å². The van der Waals surface area contributed by atoms with Crippen LogP contribution in [0.25, 0.3) is 0 Å². The number of guanidine groups is 1. The molecule has 170 valence electrons. The predicted molar refractivity (Wildman–Crippen MR) is 112 cm³/mol. The number of carbonyl (C=O) groups excluding carboxylic acids is 1. The lowest BCUT2D eigenvalue weighted by molar-refractivity contribution is -0.137. The number of cyclic esters (lactones) is 1. The normalized spacial score (nSPS) is 24.3. The van der Waals surface area contributed by atoms with Gasteiger partial charge < -0.3 is 30.3 Å². The first-order chi connectivity index (χ1) is 14.4. The molecule has 0 aliphatic carbocycles. The largest absolute Gasteiger partial charge is 0.481 e. The summed E-state index contributed by atoms with van der Waals surface area (Å²) in [5, 5.41) is 16.3.